The lowest BCUT2D eigenvalue weighted by molar-refractivity contribution is 0.578. The lowest BCUT2D eigenvalue weighted by Gasteiger charge is -2.07. The molecule has 0 aliphatic rings. The van der Waals surface area contributed by atoms with Crippen molar-refractivity contribution in [3.05, 3.63) is 35.9 Å². The molecule has 1 aromatic carbocycles. The molecule has 0 spiro atoms. The first-order valence-corrected chi connectivity index (χ1v) is 7.06. The molecule has 0 saturated carbocycles. The van der Waals surface area contributed by atoms with Crippen LogP contribution in [0, 0.1) is 6.92 Å². The maximum atomic E-state index is 12.1. The summed E-state index contributed by atoms with van der Waals surface area (Å²) in [4.78, 5) is 4.09. The van der Waals surface area contributed by atoms with Gasteiger partial charge >= 0.3 is 0 Å². The summed E-state index contributed by atoms with van der Waals surface area (Å²) in [5.74, 6) is 0.409. The third-order valence-electron chi connectivity index (χ3n) is 2.45. The average Bonchev–Trinajstić information content (AvgIpc) is 2.71. The summed E-state index contributed by atoms with van der Waals surface area (Å²) in [7, 11) is -1.90. The van der Waals surface area contributed by atoms with Crippen LogP contribution in [0.3, 0.4) is 0 Å². The van der Waals surface area contributed by atoms with Crippen molar-refractivity contribution in [1.82, 2.24) is 19.5 Å². The zero-order valence-corrected chi connectivity index (χ0v) is 11.5. The number of nitrogens with two attached hydrogens (primary N) is 1. The molecule has 0 aliphatic carbocycles. The highest BCUT2D eigenvalue weighted by atomic mass is 32.2. The van der Waals surface area contributed by atoms with Crippen LogP contribution < -0.4 is 10.5 Å². The van der Waals surface area contributed by atoms with Crippen molar-refractivity contribution in [3.63, 3.8) is 0 Å². The Balaban J connectivity index is 2.18. The molecule has 0 fully saturated rings. The molecule has 0 radical (unpaired) electrons. The van der Waals surface area contributed by atoms with Crippen LogP contribution >= 0.6 is 0 Å². The number of nitrogens with one attached hydrogen (secondary N) is 1. The molecule has 102 valence electrons. The Kier molecular flexibility index (Phi) is 3.54. The Labute approximate surface area is 111 Å². The molecule has 1 heterocycles. The predicted molar refractivity (Wildman–Crippen MR) is 70.6 cm³/mol. The Bertz CT molecular complexity index is 673. The fraction of sp³-hybridized carbons (Fsp3) is 0.273. The zero-order valence-electron chi connectivity index (χ0n) is 10.7. The monoisotopic (exact) mass is 281 g/mol. The Morgan fingerprint density at radius 3 is 2.68 bits per heavy atom. The molecule has 0 aliphatic heterocycles. The Hall–Kier alpha value is -1.93. The summed E-state index contributed by atoms with van der Waals surface area (Å²) in [6, 6.07) is 4.69. The second-order valence-corrected chi connectivity index (χ2v) is 6.01. The highest BCUT2D eigenvalue weighted by Gasteiger charge is 2.15. The number of benzene rings is 1. The highest BCUT2D eigenvalue weighted by molar-refractivity contribution is 7.89. The van der Waals surface area contributed by atoms with E-state index in [1.807, 2.05) is 0 Å². The molecule has 2 rings (SSSR count). The largest absolute Gasteiger partial charge is 0.399 e. The molecule has 3 N–H and O–H groups in total. The molecule has 7 nitrogen and oxygen atoms in total. The zero-order chi connectivity index (χ0) is 14.0. The number of rotatable bonds is 4. The van der Waals surface area contributed by atoms with E-state index in [9.17, 15) is 8.42 Å². The van der Waals surface area contributed by atoms with E-state index in [1.54, 1.807) is 26.1 Å². The highest BCUT2D eigenvalue weighted by Crippen LogP contribution is 2.16. The topological polar surface area (TPSA) is 103 Å². The SMILES string of the molecule is Cc1cc(N)cc(S(=O)(=O)NCc2ncn(C)n2)c1. The van der Waals surface area contributed by atoms with Gasteiger partial charge in [-0.1, -0.05) is 0 Å². The number of sulfonamides is 1. The van der Waals surface area contributed by atoms with Crippen LogP contribution in [-0.2, 0) is 23.6 Å². The number of nitrogens with zero attached hydrogens (tertiary/aromatic N) is 3. The number of hydrogen-bond acceptors (Lipinski definition) is 5. The molecule has 2 aromatic rings. The molecule has 8 heteroatoms. The van der Waals surface area contributed by atoms with Gasteiger partial charge in [-0.05, 0) is 30.7 Å². The first-order valence-electron chi connectivity index (χ1n) is 5.58. The smallest absolute Gasteiger partial charge is 0.241 e. The van der Waals surface area contributed by atoms with Crippen LogP contribution in [0.15, 0.2) is 29.4 Å². The van der Waals surface area contributed by atoms with Gasteiger partial charge in [-0.15, -0.1) is 0 Å². The normalized spacial score (nSPS) is 11.7. The van der Waals surface area contributed by atoms with Gasteiger partial charge in [0.15, 0.2) is 5.82 Å². The molecule has 0 unspecified atom stereocenters. The average molecular weight is 281 g/mol. The van der Waals surface area contributed by atoms with E-state index in [-0.39, 0.29) is 11.4 Å². The summed E-state index contributed by atoms with van der Waals surface area (Å²) >= 11 is 0. The molecule has 0 amide bonds. The maximum absolute atomic E-state index is 12.1. The standard InChI is InChI=1S/C11H15N5O2S/c1-8-3-9(12)5-10(4-8)19(17,18)14-6-11-13-7-16(2)15-11/h3-5,7,14H,6,12H2,1-2H3. The van der Waals surface area contributed by atoms with Gasteiger partial charge in [-0.25, -0.2) is 18.1 Å². The summed E-state index contributed by atoms with van der Waals surface area (Å²) in [6.45, 7) is 1.83. The van der Waals surface area contributed by atoms with Crippen molar-refractivity contribution in [2.75, 3.05) is 5.73 Å². The van der Waals surface area contributed by atoms with Crippen molar-refractivity contribution in [1.29, 1.82) is 0 Å². The molecular weight excluding hydrogens is 266 g/mol. The summed E-state index contributed by atoms with van der Waals surface area (Å²) in [5.41, 5.74) is 6.85. The van der Waals surface area contributed by atoms with Gasteiger partial charge in [0.25, 0.3) is 0 Å². The van der Waals surface area contributed by atoms with Gasteiger partial charge < -0.3 is 5.73 Å². The van der Waals surface area contributed by atoms with Gasteiger partial charge in [0.2, 0.25) is 10.0 Å². The minimum Gasteiger partial charge on any atom is -0.399 e. The molecule has 0 saturated heterocycles. The van der Waals surface area contributed by atoms with Crippen LogP contribution in [0.25, 0.3) is 0 Å². The summed E-state index contributed by atoms with van der Waals surface area (Å²) < 4.78 is 28.1. The molecule has 1 aromatic heterocycles. The van der Waals surface area contributed by atoms with Crippen molar-refractivity contribution < 1.29 is 8.42 Å². The fourth-order valence-corrected chi connectivity index (χ4v) is 2.76. The maximum Gasteiger partial charge on any atom is 0.241 e. The van der Waals surface area contributed by atoms with Gasteiger partial charge in [0.1, 0.15) is 6.33 Å². The quantitative estimate of drug-likeness (QED) is 0.778. The molecule has 0 atom stereocenters. The van der Waals surface area contributed by atoms with Crippen LogP contribution in [0.2, 0.25) is 0 Å². The van der Waals surface area contributed by atoms with Crippen molar-refractivity contribution in [3.8, 4) is 0 Å². The van der Waals surface area contributed by atoms with Gasteiger partial charge in [0, 0.05) is 12.7 Å². The predicted octanol–water partition coefficient (Wildman–Crippen LogP) is 0.184. The van der Waals surface area contributed by atoms with E-state index in [1.165, 1.54) is 17.1 Å². The molecule has 19 heavy (non-hydrogen) atoms. The van der Waals surface area contributed by atoms with Crippen LogP contribution in [-0.4, -0.2) is 23.2 Å². The first kappa shape index (κ1) is 13.5. The lowest BCUT2D eigenvalue weighted by atomic mass is 10.2. The van der Waals surface area contributed by atoms with E-state index in [2.05, 4.69) is 14.8 Å². The second-order valence-electron chi connectivity index (χ2n) is 4.24. The van der Waals surface area contributed by atoms with Crippen molar-refractivity contribution >= 4 is 15.7 Å². The van der Waals surface area contributed by atoms with E-state index in [0.717, 1.165) is 5.56 Å². The number of anilines is 1. The summed E-state index contributed by atoms with van der Waals surface area (Å²) in [6.07, 6.45) is 1.51. The van der Waals surface area contributed by atoms with E-state index in [4.69, 9.17) is 5.73 Å². The first-order chi connectivity index (χ1) is 8.87. The van der Waals surface area contributed by atoms with Crippen LogP contribution in [0.4, 0.5) is 5.69 Å². The third-order valence-corrected chi connectivity index (χ3v) is 3.83. The Morgan fingerprint density at radius 1 is 1.37 bits per heavy atom. The lowest BCUT2D eigenvalue weighted by Crippen LogP contribution is -2.24. The molecular formula is C11H15N5O2S. The van der Waals surface area contributed by atoms with Crippen molar-refractivity contribution in [2.45, 2.75) is 18.4 Å². The fourth-order valence-electron chi connectivity index (χ4n) is 1.64. The van der Waals surface area contributed by atoms with Gasteiger partial charge in [-0.3, -0.25) is 4.68 Å². The molecule has 0 bridgehead atoms. The van der Waals surface area contributed by atoms with E-state index >= 15 is 0 Å². The number of aromatic nitrogens is 3. The van der Waals surface area contributed by atoms with Gasteiger partial charge in [-0.2, -0.15) is 5.10 Å². The second kappa shape index (κ2) is 4.98. The van der Waals surface area contributed by atoms with Crippen molar-refractivity contribution in [2.24, 2.45) is 7.05 Å². The van der Waals surface area contributed by atoms with E-state index < -0.39 is 10.0 Å². The minimum absolute atomic E-state index is 0.0387. The minimum atomic E-state index is -3.61. The number of nitrogen functional groups attached to an aromatic ring is 1. The van der Waals surface area contributed by atoms with E-state index in [0.29, 0.717) is 11.5 Å². The van der Waals surface area contributed by atoms with Gasteiger partial charge in [0.05, 0.1) is 11.4 Å². The van der Waals surface area contributed by atoms with Crippen LogP contribution in [0.5, 0.6) is 0 Å². The Morgan fingerprint density at radius 2 is 2.11 bits per heavy atom. The number of hydrogen-bond donors (Lipinski definition) is 2. The summed E-state index contributed by atoms with van der Waals surface area (Å²) in [5, 5.41) is 4.00. The van der Waals surface area contributed by atoms with Crippen LogP contribution in [0.1, 0.15) is 11.4 Å². The number of aryl methyl sites for hydroxylation is 2. The third kappa shape index (κ3) is 3.30.